The number of rotatable bonds is 1. The molecule has 2 nitrogen and oxygen atoms in total. The van der Waals surface area contributed by atoms with Crippen molar-refractivity contribution in [2.75, 3.05) is 0 Å². The van der Waals surface area contributed by atoms with Crippen LogP contribution in [0.4, 0.5) is 4.39 Å². The lowest BCUT2D eigenvalue weighted by Gasteiger charge is -1.95. The lowest BCUT2D eigenvalue weighted by molar-refractivity contribution is 0.613. The zero-order valence-electron chi connectivity index (χ0n) is 5.71. The van der Waals surface area contributed by atoms with Crippen LogP contribution in [-0.4, -0.2) is 12.5 Å². The summed E-state index contributed by atoms with van der Waals surface area (Å²) in [6.07, 6.45) is 0. The third-order valence-corrected chi connectivity index (χ3v) is 1.33. The third-order valence-electron chi connectivity index (χ3n) is 1.33. The summed E-state index contributed by atoms with van der Waals surface area (Å²) in [4.78, 5) is 0. The summed E-state index contributed by atoms with van der Waals surface area (Å²) in [7, 11) is -0.172. The van der Waals surface area contributed by atoms with Crippen LogP contribution in [-0.2, 0) is 0 Å². The highest BCUT2D eigenvalue weighted by Crippen LogP contribution is 2.01. The molecule has 54 valence electrons. The maximum absolute atomic E-state index is 12.6. The highest BCUT2D eigenvalue weighted by Gasteiger charge is 2.01. The van der Waals surface area contributed by atoms with E-state index in [1.807, 2.05) is 0 Å². The van der Waals surface area contributed by atoms with Crippen LogP contribution < -0.4 is 5.46 Å². The van der Waals surface area contributed by atoms with Gasteiger partial charge in [0.25, 0.3) is 0 Å². The minimum atomic E-state index is -0.551. The van der Waals surface area contributed by atoms with E-state index in [0.29, 0.717) is 5.46 Å². The van der Waals surface area contributed by atoms with Gasteiger partial charge >= 0.3 is 7.48 Å². The Balaban J connectivity index is 3.15. The van der Waals surface area contributed by atoms with Gasteiger partial charge in [0.05, 0.1) is 5.56 Å². The first-order valence-corrected chi connectivity index (χ1v) is 3.07. The first kappa shape index (κ1) is 7.77. The second-order valence-corrected chi connectivity index (χ2v) is 2.08. The average molecular weight is 149 g/mol. The topological polar surface area (TPSA) is 44.0 Å². The van der Waals surface area contributed by atoms with Gasteiger partial charge in [-0.3, -0.25) is 0 Å². The van der Waals surface area contributed by atoms with Crippen molar-refractivity contribution in [1.29, 1.82) is 5.26 Å². The van der Waals surface area contributed by atoms with E-state index in [-0.39, 0.29) is 13.0 Å². The Morgan fingerprint density at radius 1 is 1.55 bits per heavy atom. The molecule has 11 heavy (non-hydrogen) atoms. The number of nitriles is 1. The van der Waals surface area contributed by atoms with E-state index in [2.05, 4.69) is 0 Å². The summed E-state index contributed by atoms with van der Waals surface area (Å²) in [5, 5.41) is 17.0. The molecular formula is C7H5BFNO. The molecule has 1 aromatic rings. The van der Waals surface area contributed by atoms with Crippen LogP contribution in [0.15, 0.2) is 18.2 Å². The van der Waals surface area contributed by atoms with E-state index in [4.69, 9.17) is 10.3 Å². The molecule has 0 aliphatic carbocycles. The van der Waals surface area contributed by atoms with Gasteiger partial charge < -0.3 is 5.02 Å². The van der Waals surface area contributed by atoms with Crippen molar-refractivity contribution in [2.24, 2.45) is 0 Å². The fraction of sp³-hybridized carbons (Fsp3) is 0. The third kappa shape index (κ3) is 1.57. The van der Waals surface area contributed by atoms with E-state index in [9.17, 15) is 4.39 Å². The molecule has 4 heteroatoms. The van der Waals surface area contributed by atoms with Crippen molar-refractivity contribution in [3.05, 3.63) is 29.6 Å². The molecule has 0 aliphatic rings. The zero-order valence-corrected chi connectivity index (χ0v) is 5.71. The van der Waals surface area contributed by atoms with Crippen LogP contribution in [0, 0.1) is 17.1 Å². The van der Waals surface area contributed by atoms with Crippen molar-refractivity contribution in [3.63, 3.8) is 0 Å². The molecule has 0 aliphatic heterocycles. The molecule has 0 heterocycles. The minimum Gasteiger partial charge on any atom is -0.449 e. The summed E-state index contributed by atoms with van der Waals surface area (Å²) in [6.45, 7) is 0. The predicted octanol–water partition coefficient (Wildman–Crippen LogP) is -0.334. The Bertz CT molecular complexity index is 308. The van der Waals surface area contributed by atoms with E-state index < -0.39 is 5.82 Å². The molecule has 0 amide bonds. The zero-order chi connectivity index (χ0) is 8.27. The highest BCUT2D eigenvalue weighted by molar-refractivity contribution is 6.45. The fourth-order valence-corrected chi connectivity index (χ4v) is 0.756. The van der Waals surface area contributed by atoms with Crippen LogP contribution in [0.1, 0.15) is 5.56 Å². The number of benzene rings is 1. The van der Waals surface area contributed by atoms with E-state index >= 15 is 0 Å². The van der Waals surface area contributed by atoms with Gasteiger partial charge in [0, 0.05) is 0 Å². The first-order valence-electron chi connectivity index (χ1n) is 3.07. The smallest absolute Gasteiger partial charge is 0.304 e. The molecule has 0 saturated carbocycles. The van der Waals surface area contributed by atoms with Gasteiger partial charge in [0.1, 0.15) is 11.9 Å². The predicted molar refractivity (Wildman–Crippen MR) is 40.1 cm³/mol. The Hall–Kier alpha value is -1.34. The highest BCUT2D eigenvalue weighted by atomic mass is 19.1. The lowest BCUT2D eigenvalue weighted by atomic mass is 9.88. The summed E-state index contributed by atoms with van der Waals surface area (Å²) in [5.41, 5.74) is 0.513. The van der Waals surface area contributed by atoms with Gasteiger partial charge in [0.15, 0.2) is 0 Å². The molecule has 0 fully saturated rings. The summed E-state index contributed by atoms with van der Waals surface area (Å²) >= 11 is 0. The Morgan fingerprint density at radius 2 is 2.27 bits per heavy atom. The molecule has 0 atom stereocenters. The van der Waals surface area contributed by atoms with E-state index in [1.165, 1.54) is 18.2 Å². The second-order valence-electron chi connectivity index (χ2n) is 2.08. The minimum absolute atomic E-state index is 0.0310. The second kappa shape index (κ2) is 3.17. The van der Waals surface area contributed by atoms with Gasteiger partial charge in [0.2, 0.25) is 0 Å². The van der Waals surface area contributed by atoms with E-state index in [0.717, 1.165) is 0 Å². The molecule has 0 radical (unpaired) electrons. The summed E-state index contributed by atoms with van der Waals surface area (Å²) in [5.74, 6) is -0.551. The van der Waals surface area contributed by atoms with Crippen LogP contribution in [0.2, 0.25) is 0 Å². The van der Waals surface area contributed by atoms with Crippen LogP contribution in [0.25, 0.3) is 0 Å². The molecule has 0 bridgehead atoms. The van der Waals surface area contributed by atoms with Gasteiger partial charge in [-0.15, -0.1) is 0 Å². The van der Waals surface area contributed by atoms with Crippen molar-refractivity contribution in [1.82, 2.24) is 0 Å². The fourth-order valence-electron chi connectivity index (χ4n) is 0.756. The standard InChI is InChI=1S/C7H5BFNO/c9-7-2-1-6(8-11)3-5(7)4-10/h1-3,8,11H. The van der Waals surface area contributed by atoms with Crippen molar-refractivity contribution in [3.8, 4) is 6.07 Å². The Labute approximate surface area is 64.2 Å². The van der Waals surface area contributed by atoms with Crippen molar-refractivity contribution in [2.45, 2.75) is 0 Å². The largest absolute Gasteiger partial charge is 0.449 e. The average Bonchev–Trinajstić information content (AvgIpc) is 2.05. The lowest BCUT2D eigenvalue weighted by Crippen LogP contribution is -2.13. The van der Waals surface area contributed by atoms with E-state index in [1.54, 1.807) is 6.07 Å². The Kier molecular flexibility index (Phi) is 2.24. The molecule has 0 spiro atoms. The molecule has 0 unspecified atom stereocenters. The van der Waals surface area contributed by atoms with Gasteiger partial charge in [-0.1, -0.05) is 11.5 Å². The van der Waals surface area contributed by atoms with Gasteiger partial charge in [-0.25, -0.2) is 4.39 Å². The quantitative estimate of drug-likeness (QED) is 0.555. The van der Waals surface area contributed by atoms with Crippen molar-refractivity contribution < 1.29 is 9.41 Å². The monoisotopic (exact) mass is 149 g/mol. The number of halogens is 1. The molecule has 0 saturated heterocycles. The normalized spacial score (nSPS) is 8.82. The number of hydrogen-bond donors (Lipinski definition) is 1. The molecule has 1 rings (SSSR count). The molecular weight excluding hydrogens is 144 g/mol. The maximum atomic E-state index is 12.6. The molecule has 1 N–H and O–H groups in total. The summed E-state index contributed by atoms with van der Waals surface area (Å²) in [6, 6.07) is 5.62. The summed E-state index contributed by atoms with van der Waals surface area (Å²) < 4.78 is 12.6. The van der Waals surface area contributed by atoms with Crippen molar-refractivity contribution >= 4 is 12.9 Å². The van der Waals surface area contributed by atoms with Gasteiger partial charge in [-0.2, -0.15) is 5.26 Å². The van der Waals surface area contributed by atoms with Gasteiger partial charge in [-0.05, 0) is 12.1 Å². The Morgan fingerprint density at radius 3 is 2.82 bits per heavy atom. The number of hydrogen-bond acceptors (Lipinski definition) is 2. The van der Waals surface area contributed by atoms with Crippen LogP contribution in [0.3, 0.4) is 0 Å². The molecule has 0 aromatic heterocycles. The van der Waals surface area contributed by atoms with Crippen LogP contribution in [0.5, 0.6) is 0 Å². The molecule has 1 aromatic carbocycles. The van der Waals surface area contributed by atoms with Crippen LogP contribution >= 0.6 is 0 Å². The SMILES string of the molecule is N#Cc1cc(BO)ccc1F. The number of nitrogens with zero attached hydrogens (tertiary/aromatic N) is 1. The maximum Gasteiger partial charge on any atom is 0.304 e. The first-order chi connectivity index (χ1) is 5.27.